The van der Waals surface area contributed by atoms with Gasteiger partial charge in [-0.3, -0.25) is 14.6 Å². The van der Waals surface area contributed by atoms with E-state index in [9.17, 15) is 4.79 Å². The Labute approximate surface area is 156 Å². The van der Waals surface area contributed by atoms with Crippen molar-refractivity contribution in [3.05, 3.63) is 43.7 Å². The van der Waals surface area contributed by atoms with E-state index in [0.29, 0.717) is 6.54 Å². The molecule has 1 amide bonds. The first-order valence-electron chi connectivity index (χ1n) is 8.12. The quantitative estimate of drug-likeness (QED) is 0.829. The van der Waals surface area contributed by atoms with Crippen LogP contribution in [0.1, 0.15) is 22.7 Å². The molecule has 1 atom stereocenters. The number of nitrogens with zero attached hydrogens (tertiary/aromatic N) is 2. The van der Waals surface area contributed by atoms with Crippen LogP contribution in [0.3, 0.4) is 0 Å². The van der Waals surface area contributed by atoms with Crippen molar-refractivity contribution in [3.8, 4) is 0 Å². The van der Waals surface area contributed by atoms with Gasteiger partial charge in [0.25, 0.3) is 0 Å². The van der Waals surface area contributed by atoms with Gasteiger partial charge < -0.3 is 5.32 Å². The van der Waals surface area contributed by atoms with Crippen LogP contribution >= 0.6 is 34.3 Å². The second-order valence-corrected chi connectivity index (χ2v) is 8.84. The van der Waals surface area contributed by atoms with Gasteiger partial charge in [0.05, 0.1) is 16.9 Å². The number of carbonyl (C=O) groups excluding carboxylic acids is 1. The highest BCUT2D eigenvalue weighted by Gasteiger charge is 2.20. The normalized spacial score (nSPS) is 17.8. The Morgan fingerprint density at radius 1 is 1.25 bits per heavy atom. The molecule has 1 aliphatic rings. The molecule has 1 unspecified atom stereocenters. The number of carbonyl (C=O) groups is 1. The van der Waals surface area contributed by atoms with Crippen LogP contribution in [0.2, 0.25) is 4.34 Å². The van der Waals surface area contributed by atoms with Crippen LogP contribution in [0.4, 0.5) is 0 Å². The lowest BCUT2D eigenvalue weighted by molar-refractivity contribution is -0.123. The van der Waals surface area contributed by atoms with Gasteiger partial charge in [-0.1, -0.05) is 17.7 Å². The first kappa shape index (κ1) is 17.9. The third kappa shape index (κ3) is 5.04. The highest BCUT2D eigenvalue weighted by molar-refractivity contribution is 7.16. The number of nitrogens with one attached hydrogen (secondary N) is 1. The number of hydrogen-bond donors (Lipinski definition) is 1. The van der Waals surface area contributed by atoms with E-state index in [2.05, 4.69) is 27.2 Å². The average Bonchev–Trinajstić information content (AvgIpc) is 3.21. The number of thiophene rings is 2. The Kier molecular flexibility index (Phi) is 6.30. The molecule has 7 heteroatoms. The summed E-state index contributed by atoms with van der Waals surface area (Å²) in [6, 6.07) is 8.21. The molecule has 2 aromatic rings. The minimum atomic E-state index is 0.0855. The second kappa shape index (κ2) is 8.45. The van der Waals surface area contributed by atoms with Crippen LogP contribution < -0.4 is 5.32 Å². The SMILES string of the molecule is CC(NC(=O)CN1CCN(Cc2ccc(Cl)s2)CC1)c1cccs1. The van der Waals surface area contributed by atoms with E-state index in [1.807, 2.05) is 24.4 Å². The molecule has 0 aromatic carbocycles. The summed E-state index contributed by atoms with van der Waals surface area (Å²) in [6.45, 7) is 7.31. The molecule has 24 heavy (non-hydrogen) atoms. The lowest BCUT2D eigenvalue weighted by Gasteiger charge is -2.34. The van der Waals surface area contributed by atoms with Crippen LogP contribution in [0.15, 0.2) is 29.6 Å². The monoisotopic (exact) mass is 383 g/mol. The van der Waals surface area contributed by atoms with Gasteiger partial charge >= 0.3 is 0 Å². The van der Waals surface area contributed by atoms with Gasteiger partial charge in [0.2, 0.25) is 5.91 Å². The minimum Gasteiger partial charge on any atom is -0.348 e. The Hall–Kier alpha value is -0.920. The highest BCUT2D eigenvalue weighted by Crippen LogP contribution is 2.23. The summed E-state index contributed by atoms with van der Waals surface area (Å²) < 4.78 is 0.847. The van der Waals surface area contributed by atoms with Gasteiger partial charge in [0.15, 0.2) is 0 Å². The van der Waals surface area contributed by atoms with Crippen LogP contribution in [0.5, 0.6) is 0 Å². The minimum absolute atomic E-state index is 0.0855. The molecule has 3 rings (SSSR count). The maximum atomic E-state index is 12.2. The van der Waals surface area contributed by atoms with Crippen LogP contribution in [-0.4, -0.2) is 48.4 Å². The van der Waals surface area contributed by atoms with E-state index >= 15 is 0 Å². The van der Waals surface area contributed by atoms with Gasteiger partial charge in [-0.05, 0) is 30.5 Å². The molecule has 0 aliphatic carbocycles. The summed E-state index contributed by atoms with van der Waals surface area (Å²) in [4.78, 5) is 19.4. The molecule has 1 fully saturated rings. The predicted octanol–water partition coefficient (Wildman–Crippen LogP) is 3.46. The maximum absolute atomic E-state index is 12.2. The van der Waals surface area contributed by atoms with Crippen molar-refractivity contribution >= 4 is 40.2 Å². The van der Waals surface area contributed by atoms with Gasteiger partial charge in [0, 0.05) is 42.5 Å². The summed E-state index contributed by atoms with van der Waals surface area (Å²) in [6.07, 6.45) is 0. The molecular weight excluding hydrogens is 362 g/mol. The van der Waals surface area contributed by atoms with Crippen molar-refractivity contribution in [1.82, 2.24) is 15.1 Å². The van der Waals surface area contributed by atoms with Crippen LogP contribution in [0, 0.1) is 0 Å². The first-order valence-corrected chi connectivity index (χ1v) is 10.2. The molecule has 0 saturated carbocycles. The van der Waals surface area contributed by atoms with Gasteiger partial charge in [-0.15, -0.1) is 22.7 Å². The summed E-state index contributed by atoms with van der Waals surface area (Å²) in [7, 11) is 0. The molecular formula is C17H22ClN3OS2. The van der Waals surface area contributed by atoms with Crippen molar-refractivity contribution in [3.63, 3.8) is 0 Å². The Morgan fingerprint density at radius 2 is 2.00 bits per heavy atom. The topological polar surface area (TPSA) is 35.6 Å². The zero-order chi connectivity index (χ0) is 16.9. The van der Waals surface area contributed by atoms with Crippen molar-refractivity contribution in [2.24, 2.45) is 0 Å². The molecule has 1 N–H and O–H groups in total. The largest absolute Gasteiger partial charge is 0.348 e. The third-order valence-corrected chi connectivity index (χ3v) is 6.46. The molecule has 0 spiro atoms. The Balaban J connectivity index is 1.39. The zero-order valence-electron chi connectivity index (χ0n) is 13.7. The third-order valence-electron chi connectivity index (χ3n) is 4.19. The molecule has 1 aliphatic heterocycles. The van der Waals surface area contributed by atoms with E-state index in [1.165, 1.54) is 9.75 Å². The maximum Gasteiger partial charge on any atom is 0.234 e. The fourth-order valence-corrected chi connectivity index (χ4v) is 4.73. The Morgan fingerprint density at radius 3 is 2.62 bits per heavy atom. The number of piperazine rings is 1. The fraction of sp³-hybridized carbons (Fsp3) is 0.471. The van der Waals surface area contributed by atoms with Crippen molar-refractivity contribution in [1.29, 1.82) is 0 Å². The lowest BCUT2D eigenvalue weighted by Crippen LogP contribution is -2.49. The average molecular weight is 384 g/mol. The molecule has 1 saturated heterocycles. The molecule has 2 aromatic heterocycles. The van der Waals surface area contributed by atoms with E-state index < -0.39 is 0 Å². The van der Waals surface area contributed by atoms with Crippen LogP contribution in [-0.2, 0) is 11.3 Å². The fourth-order valence-electron chi connectivity index (χ4n) is 2.86. The molecule has 4 nitrogen and oxygen atoms in total. The Bertz CT molecular complexity index is 651. The zero-order valence-corrected chi connectivity index (χ0v) is 16.1. The predicted molar refractivity (Wildman–Crippen MR) is 102 cm³/mol. The van der Waals surface area contributed by atoms with Gasteiger partial charge in [-0.2, -0.15) is 0 Å². The standard InChI is InChI=1S/C17H22ClN3OS2/c1-13(15-3-2-10-23-15)19-17(22)12-21-8-6-20(7-9-21)11-14-4-5-16(18)24-14/h2-5,10,13H,6-9,11-12H2,1H3,(H,19,22). The number of hydrogen-bond acceptors (Lipinski definition) is 5. The van der Waals surface area contributed by atoms with E-state index in [1.54, 1.807) is 22.7 Å². The van der Waals surface area contributed by atoms with Crippen molar-refractivity contribution < 1.29 is 4.79 Å². The lowest BCUT2D eigenvalue weighted by atomic mass is 10.2. The summed E-state index contributed by atoms with van der Waals surface area (Å²) >= 11 is 9.31. The highest BCUT2D eigenvalue weighted by atomic mass is 35.5. The second-order valence-electron chi connectivity index (χ2n) is 6.06. The molecule has 130 valence electrons. The van der Waals surface area contributed by atoms with Gasteiger partial charge in [-0.25, -0.2) is 0 Å². The van der Waals surface area contributed by atoms with Crippen molar-refractivity contribution in [2.45, 2.75) is 19.5 Å². The molecule has 0 bridgehead atoms. The van der Waals surface area contributed by atoms with E-state index in [-0.39, 0.29) is 11.9 Å². The summed E-state index contributed by atoms with van der Waals surface area (Å²) in [5, 5.41) is 5.13. The van der Waals surface area contributed by atoms with E-state index in [0.717, 1.165) is 37.1 Å². The number of amides is 1. The number of halogens is 1. The van der Waals surface area contributed by atoms with E-state index in [4.69, 9.17) is 11.6 Å². The smallest absolute Gasteiger partial charge is 0.234 e. The summed E-state index contributed by atoms with van der Waals surface area (Å²) in [5.74, 6) is 0.106. The molecule has 3 heterocycles. The van der Waals surface area contributed by atoms with Crippen LogP contribution in [0.25, 0.3) is 0 Å². The number of rotatable bonds is 6. The van der Waals surface area contributed by atoms with Crippen molar-refractivity contribution in [2.75, 3.05) is 32.7 Å². The van der Waals surface area contributed by atoms with Gasteiger partial charge in [0.1, 0.15) is 0 Å². The molecule has 0 radical (unpaired) electrons. The summed E-state index contributed by atoms with van der Waals surface area (Å²) in [5.41, 5.74) is 0. The first-order chi connectivity index (χ1) is 11.6.